The summed E-state index contributed by atoms with van der Waals surface area (Å²) in [5.74, 6) is 0.330. The van der Waals surface area contributed by atoms with Gasteiger partial charge in [-0.1, -0.05) is 23.2 Å². The summed E-state index contributed by atoms with van der Waals surface area (Å²) in [5.41, 5.74) is -3.28. The van der Waals surface area contributed by atoms with Gasteiger partial charge in [0, 0.05) is 19.2 Å². The van der Waals surface area contributed by atoms with Gasteiger partial charge in [-0.05, 0) is 11.6 Å². The second-order valence-corrected chi connectivity index (χ2v) is 5.66. The molecule has 2 rings (SSSR count). The van der Waals surface area contributed by atoms with Crippen molar-refractivity contribution in [1.29, 1.82) is 0 Å². The number of rotatable bonds is 3. The van der Waals surface area contributed by atoms with Crippen molar-refractivity contribution in [2.45, 2.75) is 12.7 Å². The lowest BCUT2D eigenvalue weighted by Gasteiger charge is -2.15. The zero-order valence-electron chi connectivity index (χ0n) is 12.4. The maximum atomic E-state index is 12.8. The zero-order chi connectivity index (χ0) is 18.2. The third-order valence-corrected chi connectivity index (χ3v) is 4.18. The molecule has 1 aromatic carbocycles. The summed E-state index contributed by atoms with van der Waals surface area (Å²) in [6.45, 7) is -0.348. The van der Waals surface area contributed by atoms with Crippen LogP contribution in [0.5, 0.6) is 5.75 Å². The van der Waals surface area contributed by atoms with Gasteiger partial charge >= 0.3 is 11.9 Å². The monoisotopic (exact) mass is 382 g/mol. The molecule has 0 bridgehead atoms. The smallest absolute Gasteiger partial charge is 0.431 e. The van der Waals surface area contributed by atoms with E-state index in [2.05, 4.69) is 0 Å². The van der Waals surface area contributed by atoms with Gasteiger partial charge in [0.05, 0.1) is 23.7 Å². The standard InChI is InChI=1S/C14H11Cl2F3N2O3/c1-20-10(14(17,18)19)5-11(22)21(13(20)23)6-7-3-8(24-2)4-9(15)12(7)16/h3-5H,6H2,1-2H3. The van der Waals surface area contributed by atoms with Crippen LogP contribution in [0.25, 0.3) is 0 Å². The van der Waals surface area contributed by atoms with Gasteiger partial charge in [-0.25, -0.2) is 4.79 Å². The summed E-state index contributed by atoms with van der Waals surface area (Å²) in [6, 6.07) is 3.23. The maximum Gasteiger partial charge on any atom is 0.431 e. The van der Waals surface area contributed by atoms with Gasteiger partial charge in [-0.3, -0.25) is 13.9 Å². The number of methoxy groups -OCH3 is 1. The van der Waals surface area contributed by atoms with Crippen molar-refractivity contribution in [2.75, 3.05) is 7.11 Å². The highest BCUT2D eigenvalue weighted by Gasteiger charge is 2.35. The Hall–Kier alpha value is -1.93. The van der Waals surface area contributed by atoms with E-state index in [1.54, 1.807) is 0 Å². The molecule has 0 spiro atoms. The maximum absolute atomic E-state index is 12.8. The van der Waals surface area contributed by atoms with Crippen LogP contribution in [0, 0.1) is 0 Å². The van der Waals surface area contributed by atoms with Crippen molar-refractivity contribution in [3.63, 3.8) is 0 Å². The molecule has 0 saturated carbocycles. The predicted molar refractivity (Wildman–Crippen MR) is 83.1 cm³/mol. The van der Waals surface area contributed by atoms with Crippen LogP contribution in [0.3, 0.4) is 0 Å². The van der Waals surface area contributed by atoms with Crippen molar-refractivity contribution in [3.05, 3.63) is 60.3 Å². The minimum absolute atomic E-state index is 0.0753. The predicted octanol–water partition coefficient (Wildman–Crippen LogP) is 2.93. The third kappa shape index (κ3) is 3.44. The summed E-state index contributed by atoms with van der Waals surface area (Å²) in [6.07, 6.45) is -4.82. The second kappa shape index (κ2) is 6.52. The van der Waals surface area contributed by atoms with E-state index in [0.717, 1.165) is 7.05 Å². The Balaban J connectivity index is 2.61. The van der Waals surface area contributed by atoms with E-state index in [1.165, 1.54) is 19.2 Å². The van der Waals surface area contributed by atoms with Gasteiger partial charge in [0.15, 0.2) is 0 Å². The zero-order valence-corrected chi connectivity index (χ0v) is 14.0. The van der Waals surface area contributed by atoms with E-state index in [-0.39, 0.29) is 22.2 Å². The summed E-state index contributed by atoms with van der Waals surface area (Å²) in [5, 5.41) is 0.203. The molecule has 1 aromatic heterocycles. The van der Waals surface area contributed by atoms with Crippen LogP contribution in [0.1, 0.15) is 11.3 Å². The van der Waals surface area contributed by atoms with E-state index in [0.29, 0.717) is 21.0 Å². The molecule has 0 aliphatic heterocycles. The van der Waals surface area contributed by atoms with Crippen LogP contribution in [0.15, 0.2) is 27.8 Å². The van der Waals surface area contributed by atoms with Gasteiger partial charge in [-0.15, -0.1) is 0 Å². The highest BCUT2D eigenvalue weighted by Crippen LogP contribution is 2.31. The normalized spacial score (nSPS) is 11.6. The molecular formula is C14H11Cl2F3N2O3. The summed E-state index contributed by atoms with van der Waals surface area (Å²) < 4.78 is 44.5. The summed E-state index contributed by atoms with van der Waals surface area (Å²) >= 11 is 12.0. The Labute approximate surface area is 143 Å². The van der Waals surface area contributed by atoms with Crippen molar-refractivity contribution >= 4 is 23.2 Å². The Kier molecular flexibility index (Phi) is 5.00. The van der Waals surface area contributed by atoms with E-state index in [9.17, 15) is 22.8 Å². The highest BCUT2D eigenvalue weighted by atomic mass is 35.5. The van der Waals surface area contributed by atoms with Crippen LogP contribution in [-0.4, -0.2) is 16.2 Å². The fourth-order valence-corrected chi connectivity index (χ4v) is 2.51. The average molecular weight is 383 g/mol. The molecule has 0 fully saturated rings. The molecule has 0 saturated heterocycles. The number of benzene rings is 1. The minimum atomic E-state index is -4.82. The molecule has 10 heteroatoms. The molecule has 2 aromatic rings. The largest absolute Gasteiger partial charge is 0.497 e. The number of aromatic nitrogens is 2. The molecule has 1 heterocycles. The van der Waals surface area contributed by atoms with E-state index < -0.39 is 23.1 Å². The van der Waals surface area contributed by atoms with Crippen molar-refractivity contribution in [3.8, 4) is 5.75 Å². The molecule has 130 valence electrons. The summed E-state index contributed by atoms with van der Waals surface area (Å²) in [7, 11) is 2.31. The lowest BCUT2D eigenvalue weighted by molar-refractivity contribution is -0.144. The third-order valence-electron chi connectivity index (χ3n) is 3.34. The average Bonchev–Trinajstić information content (AvgIpc) is 2.49. The first-order valence-corrected chi connectivity index (χ1v) is 7.21. The molecule has 0 aliphatic rings. The molecule has 0 unspecified atom stereocenters. The van der Waals surface area contributed by atoms with Crippen molar-refractivity contribution < 1.29 is 17.9 Å². The van der Waals surface area contributed by atoms with Crippen molar-refractivity contribution in [1.82, 2.24) is 9.13 Å². The molecular weight excluding hydrogens is 372 g/mol. The Bertz CT molecular complexity index is 904. The number of nitrogens with zero attached hydrogens (tertiary/aromatic N) is 2. The van der Waals surface area contributed by atoms with Gasteiger partial charge in [0.25, 0.3) is 5.56 Å². The first-order valence-electron chi connectivity index (χ1n) is 6.46. The molecule has 0 N–H and O–H groups in total. The number of ether oxygens (including phenoxy) is 1. The molecule has 5 nitrogen and oxygen atoms in total. The molecule has 0 aliphatic carbocycles. The summed E-state index contributed by atoms with van der Waals surface area (Å²) in [4.78, 5) is 24.1. The Morgan fingerprint density at radius 1 is 1.17 bits per heavy atom. The number of hydrogen-bond donors (Lipinski definition) is 0. The Morgan fingerprint density at radius 3 is 2.33 bits per heavy atom. The van der Waals surface area contributed by atoms with Crippen LogP contribution >= 0.6 is 23.2 Å². The van der Waals surface area contributed by atoms with Crippen LogP contribution < -0.4 is 16.0 Å². The van der Waals surface area contributed by atoms with Gasteiger partial charge < -0.3 is 4.74 Å². The van der Waals surface area contributed by atoms with Crippen LogP contribution in [-0.2, 0) is 19.8 Å². The van der Waals surface area contributed by atoms with Crippen LogP contribution in [0.4, 0.5) is 13.2 Å². The quantitative estimate of drug-likeness (QED) is 0.819. The topological polar surface area (TPSA) is 53.2 Å². The minimum Gasteiger partial charge on any atom is -0.497 e. The first kappa shape index (κ1) is 18.4. The second-order valence-electron chi connectivity index (χ2n) is 4.88. The molecule has 0 amide bonds. The van der Waals surface area contributed by atoms with Gasteiger partial charge in [0.2, 0.25) is 0 Å². The number of hydrogen-bond acceptors (Lipinski definition) is 3. The van der Waals surface area contributed by atoms with Crippen LogP contribution in [0.2, 0.25) is 10.0 Å². The fourth-order valence-electron chi connectivity index (χ4n) is 2.11. The van der Waals surface area contributed by atoms with Crippen molar-refractivity contribution in [2.24, 2.45) is 7.05 Å². The van der Waals surface area contributed by atoms with Gasteiger partial charge in [-0.2, -0.15) is 13.2 Å². The van der Waals surface area contributed by atoms with E-state index in [4.69, 9.17) is 27.9 Å². The Morgan fingerprint density at radius 2 is 1.79 bits per heavy atom. The first-order chi connectivity index (χ1) is 11.1. The number of halogens is 5. The molecule has 0 atom stereocenters. The van der Waals surface area contributed by atoms with Gasteiger partial charge in [0.1, 0.15) is 11.4 Å². The lowest BCUT2D eigenvalue weighted by atomic mass is 10.2. The lowest BCUT2D eigenvalue weighted by Crippen LogP contribution is -2.41. The molecule has 24 heavy (non-hydrogen) atoms. The highest BCUT2D eigenvalue weighted by molar-refractivity contribution is 6.42. The van der Waals surface area contributed by atoms with E-state index in [1.807, 2.05) is 0 Å². The fraction of sp³-hybridized carbons (Fsp3) is 0.286. The SMILES string of the molecule is COc1cc(Cl)c(Cl)c(Cn2c(=O)cc(C(F)(F)F)n(C)c2=O)c1. The van der Waals surface area contributed by atoms with E-state index >= 15 is 0 Å². The molecule has 0 radical (unpaired) electrons. The number of alkyl halides is 3.